The van der Waals surface area contributed by atoms with E-state index in [0.29, 0.717) is 0 Å². The molecule has 138 valence electrons. The van der Waals surface area contributed by atoms with E-state index in [4.69, 9.17) is 9.51 Å². The minimum atomic E-state index is -0.113. The lowest BCUT2D eigenvalue weighted by Crippen LogP contribution is -2.27. The standard InChI is InChI=1S/C20H22N6O/c1-12-17(13(2)27-25-12)15-7-6-14(10-22-15)18-19(24-20(3,4)5)26-9-8-21-11-16(26)23-18/h6-11,24H,1-5H3. The molecule has 1 N–H and O–H groups in total. The van der Waals surface area contributed by atoms with E-state index >= 15 is 0 Å². The lowest BCUT2D eigenvalue weighted by molar-refractivity contribution is 0.393. The molecule has 0 amide bonds. The van der Waals surface area contributed by atoms with Crippen molar-refractivity contribution in [1.82, 2.24) is 24.5 Å². The molecule has 0 aliphatic carbocycles. The molecule has 0 spiro atoms. The van der Waals surface area contributed by atoms with Crippen LogP contribution in [0.2, 0.25) is 0 Å². The summed E-state index contributed by atoms with van der Waals surface area (Å²) in [4.78, 5) is 13.6. The summed E-state index contributed by atoms with van der Waals surface area (Å²) < 4.78 is 7.27. The van der Waals surface area contributed by atoms with Crippen molar-refractivity contribution in [3.63, 3.8) is 0 Å². The van der Waals surface area contributed by atoms with Crippen LogP contribution in [0.25, 0.3) is 28.2 Å². The number of pyridine rings is 1. The van der Waals surface area contributed by atoms with Gasteiger partial charge in [0.05, 0.1) is 23.1 Å². The van der Waals surface area contributed by atoms with E-state index < -0.39 is 0 Å². The molecule has 4 aromatic heterocycles. The second-order valence-corrected chi connectivity index (χ2v) is 7.62. The van der Waals surface area contributed by atoms with Crippen LogP contribution in [0.1, 0.15) is 32.2 Å². The highest BCUT2D eigenvalue weighted by Crippen LogP contribution is 2.32. The smallest absolute Gasteiger partial charge is 0.157 e. The van der Waals surface area contributed by atoms with Gasteiger partial charge in [0.1, 0.15) is 17.3 Å². The van der Waals surface area contributed by atoms with E-state index in [0.717, 1.165) is 45.4 Å². The number of aryl methyl sites for hydroxylation is 2. The summed E-state index contributed by atoms with van der Waals surface area (Å²) in [6.07, 6.45) is 7.25. The first-order valence-electron chi connectivity index (χ1n) is 8.83. The Bertz CT molecular complexity index is 1080. The summed E-state index contributed by atoms with van der Waals surface area (Å²) in [7, 11) is 0. The monoisotopic (exact) mass is 362 g/mol. The molecule has 0 saturated carbocycles. The number of hydrogen-bond donors (Lipinski definition) is 1. The molecule has 0 radical (unpaired) electrons. The fraction of sp³-hybridized carbons (Fsp3) is 0.300. The zero-order chi connectivity index (χ0) is 19.2. The fourth-order valence-electron chi connectivity index (χ4n) is 3.11. The van der Waals surface area contributed by atoms with E-state index in [1.807, 2.05) is 42.8 Å². The second kappa shape index (κ2) is 6.19. The molecule has 0 atom stereocenters. The molecule has 0 unspecified atom stereocenters. The number of nitrogens with zero attached hydrogens (tertiary/aromatic N) is 5. The molecule has 7 nitrogen and oxygen atoms in total. The Balaban J connectivity index is 1.81. The number of aromatic nitrogens is 5. The van der Waals surface area contributed by atoms with Gasteiger partial charge in [-0.2, -0.15) is 0 Å². The molecule has 4 rings (SSSR count). The summed E-state index contributed by atoms with van der Waals surface area (Å²) in [5.74, 6) is 1.69. The molecule has 0 fully saturated rings. The number of rotatable bonds is 3. The third-order valence-electron chi connectivity index (χ3n) is 4.25. The second-order valence-electron chi connectivity index (χ2n) is 7.62. The summed E-state index contributed by atoms with van der Waals surface area (Å²) >= 11 is 0. The van der Waals surface area contributed by atoms with Crippen LogP contribution in [-0.4, -0.2) is 30.0 Å². The predicted molar refractivity (Wildman–Crippen MR) is 105 cm³/mol. The van der Waals surface area contributed by atoms with Crippen molar-refractivity contribution in [2.75, 3.05) is 5.32 Å². The van der Waals surface area contributed by atoms with Gasteiger partial charge in [0.15, 0.2) is 5.65 Å². The van der Waals surface area contributed by atoms with Gasteiger partial charge in [-0.1, -0.05) is 5.16 Å². The van der Waals surface area contributed by atoms with Crippen molar-refractivity contribution < 1.29 is 4.52 Å². The average molecular weight is 362 g/mol. The summed E-state index contributed by atoms with van der Waals surface area (Å²) in [6, 6.07) is 4.00. The Labute approximate surface area is 157 Å². The Kier molecular flexibility index (Phi) is 3.95. The normalized spacial score (nSPS) is 11.9. The average Bonchev–Trinajstić information content (AvgIpc) is 3.14. The third kappa shape index (κ3) is 3.16. The van der Waals surface area contributed by atoms with Crippen molar-refractivity contribution in [2.24, 2.45) is 0 Å². The summed E-state index contributed by atoms with van der Waals surface area (Å²) in [5, 5.41) is 7.56. The van der Waals surface area contributed by atoms with Crippen LogP contribution in [0.15, 0.2) is 41.4 Å². The molecular formula is C20H22N6O. The van der Waals surface area contributed by atoms with Crippen molar-refractivity contribution in [3.8, 4) is 22.5 Å². The van der Waals surface area contributed by atoms with Gasteiger partial charge in [-0.3, -0.25) is 14.4 Å². The van der Waals surface area contributed by atoms with Gasteiger partial charge in [0.25, 0.3) is 0 Å². The fourth-order valence-corrected chi connectivity index (χ4v) is 3.11. The number of fused-ring (bicyclic) bond motifs is 1. The highest BCUT2D eigenvalue weighted by molar-refractivity contribution is 5.77. The minimum Gasteiger partial charge on any atom is -0.365 e. The molecule has 27 heavy (non-hydrogen) atoms. The van der Waals surface area contributed by atoms with Gasteiger partial charge in [-0.15, -0.1) is 0 Å². The summed E-state index contributed by atoms with van der Waals surface area (Å²) in [5.41, 5.74) is 5.06. The van der Waals surface area contributed by atoms with Crippen molar-refractivity contribution in [1.29, 1.82) is 0 Å². The lowest BCUT2D eigenvalue weighted by Gasteiger charge is -2.22. The molecule has 0 saturated heterocycles. The maximum Gasteiger partial charge on any atom is 0.157 e. The van der Waals surface area contributed by atoms with E-state index in [-0.39, 0.29) is 5.54 Å². The highest BCUT2D eigenvalue weighted by atomic mass is 16.5. The topological polar surface area (TPSA) is 81.1 Å². The van der Waals surface area contributed by atoms with Crippen molar-refractivity contribution in [2.45, 2.75) is 40.2 Å². The first kappa shape index (κ1) is 17.2. The molecule has 0 bridgehead atoms. The van der Waals surface area contributed by atoms with Crippen LogP contribution in [0.3, 0.4) is 0 Å². The maximum atomic E-state index is 5.26. The van der Waals surface area contributed by atoms with Gasteiger partial charge in [-0.25, -0.2) is 4.98 Å². The highest BCUT2D eigenvalue weighted by Gasteiger charge is 2.20. The summed E-state index contributed by atoms with van der Waals surface area (Å²) in [6.45, 7) is 10.2. The van der Waals surface area contributed by atoms with Crippen LogP contribution < -0.4 is 5.32 Å². The molecule has 4 aromatic rings. The van der Waals surface area contributed by atoms with Gasteiger partial charge >= 0.3 is 0 Å². The molecule has 7 heteroatoms. The molecular weight excluding hydrogens is 340 g/mol. The quantitative estimate of drug-likeness (QED) is 0.586. The van der Waals surface area contributed by atoms with E-state index in [1.54, 1.807) is 12.4 Å². The van der Waals surface area contributed by atoms with Crippen LogP contribution in [0.4, 0.5) is 5.82 Å². The van der Waals surface area contributed by atoms with Gasteiger partial charge in [-0.05, 0) is 46.8 Å². The Morgan fingerprint density at radius 3 is 2.56 bits per heavy atom. The lowest BCUT2D eigenvalue weighted by atomic mass is 10.1. The van der Waals surface area contributed by atoms with Crippen LogP contribution in [0.5, 0.6) is 0 Å². The molecule has 0 aromatic carbocycles. The SMILES string of the molecule is Cc1noc(C)c1-c1ccc(-c2nc3cnccn3c2NC(C)(C)C)cn1. The molecule has 0 aliphatic rings. The van der Waals surface area contributed by atoms with Crippen LogP contribution in [0, 0.1) is 13.8 Å². The molecule has 0 aliphatic heterocycles. The zero-order valence-corrected chi connectivity index (χ0v) is 16.1. The van der Waals surface area contributed by atoms with Crippen LogP contribution >= 0.6 is 0 Å². The first-order chi connectivity index (χ1) is 12.8. The zero-order valence-electron chi connectivity index (χ0n) is 16.1. The molecule has 4 heterocycles. The Morgan fingerprint density at radius 1 is 1.11 bits per heavy atom. The van der Waals surface area contributed by atoms with E-state index in [1.165, 1.54) is 0 Å². The predicted octanol–water partition coefficient (Wildman–Crippen LogP) is 4.27. The number of hydrogen-bond acceptors (Lipinski definition) is 6. The largest absolute Gasteiger partial charge is 0.365 e. The van der Waals surface area contributed by atoms with E-state index in [2.05, 4.69) is 41.2 Å². The van der Waals surface area contributed by atoms with Crippen molar-refractivity contribution in [3.05, 3.63) is 48.4 Å². The Hall–Kier alpha value is -3.22. The van der Waals surface area contributed by atoms with Crippen LogP contribution in [-0.2, 0) is 0 Å². The first-order valence-corrected chi connectivity index (χ1v) is 8.83. The van der Waals surface area contributed by atoms with Gasteiger partial charge < -0.3 is 9.84 Å². The number of nitrogens with one attached hydrogen (secondary N) is 1. The van der Waals surface area contributed by atoms with Gasteiger partial charge in [0.2, 0.25) is 0 Å². The minimum absolute atomic E-state index is 0.113. The van der Waals surface area contributed by atoms with Crippen molar-refractivity contribution >= 4 is 11.5 Å². The number of anilines is 1. The number of imidazole rings is 1. The van der Waals surface area contributed by atoms with Gasteiger partial charge in [0, 0.05) is 29.7 Å². The maximum absolute atomic E-state index is 5.26. The Morgan fingerprint density at radius 2 is 1.93 bits per heavy atom. The van der Waals surface area contributed by atoms with E-state index in [9.17, 15) is 0 Å². The third-order valence-corrected chi connectivity index (χ3v) is 4.25.